The molecule has 100 valence electrons. The molecule has 0 saturated carbocycles. The van der Waals surface area contributed by atoms with E-state index in [4.69, 9.17) is 21.8 Å². The van der Waals surface area contributed by atoms with Crippen molar-refractivity contribution < 1.29 is 15.0 Å². The van der Waals surface area contributed by atoms with Crippen LogP contribution in [0.5, 0.6) is 0 Å². The molecule has 1 atom stereocenters. The molecule has 0 spiro atoms. The summed E-state index contributed by atoms with van der Waals surface area (Å²) >= 11 is 5.75. The fraction of sp³-hybridized carbons (Fsp3) is 0.500. The molecular weight excluding hydrogens is 256 g/mol. The van der Waals surface area contributed by atoms with Crippen molar-refractivity contribution in [1.82, 2.24) is 4.98 Å². The number of anilines is 1. The molecule has 0 aliphatic rings. The molecule has 1 aromatic heterocycles. The fourth-order valence-corrected chi connectivity index (χ4v) is 1.74. The molecule has 0 aliphatic carbocycles. The zero-order chi connectivity index (χ0) is 13.8. The first-order valence-corrected chi connectivity index (χ1v) is 6.07. The van der Waals surface area contributed by atoms with E-state index in [0.717, 1.165) is 6.42 Å². The van der Waals surface area contributed by atoms with Crippen molar-refractivity contribution in [2.45, 2.75) is 32.2 Å². The molecule has 3 N–H and O–H groups in total. The van der Waals surface area contributed by atoms with Gasteiger partial charge in [-0.25, -0.2) is 9.78 Å². The van der Waals surface area contributed by atoms with Gasteiger partial charge in [-0.15, -0.1) is 0 Å². The highest BCUT2D eigenvalue weighted by atomic mass is 35.5. The van der Waals surface area contributed by atoms with E-state index in [1.807, 2.05) is 13.8 Å². The lowest BCUT2D eigenvalue weighted by Crippen LogP contribution is -2.35. The molecule has 1 rings (SSSR count). The van der Waals surface area contributed by atoms with Crippen molar-refractivity contribution in [2.24, 2.45) is 0 Å². The standard InChI is InChI=1S/C12H17ClN2O3/c1-3-12(2,4-5-16)15-10-6-8(11(17)18)9(13)7-14-10/h6-7,16H,3-5H2,1-2H3,(H,14,15)(H,17,18). The highest BCUT2D eigenvalue weighted by molar-refractivity contribution is 6.33. The monoisotopic (exact) mass is 272 g/mol. The van der Waals surface area contributed by atoms with Gasteiger partial charge in [0.25, 0.3) is 0 Å². The summed E-state index contributed by atoms with van der Waals surface area (Å²) in [5, 5.41) is 21.2. The van der Waals surface area contributed by atoms with E-state index in [9.17, 15) is 4.79 Å². The van der Waals surface area contributed by atoms with Gasteiger partial charge < -0.3 is 15.5 Å². The van der Waals surface area contributed by atoms with Crippen molar-refractivity contribution in [2.75, 3.05) is 11.9 Å². The highest BCUT2D eigenvalue weighted by Gasteiger charge is 2.22. The zero-order valence-corrected chi connectivity index (χ0v) is 11.2. The van der Waals surface area contributed by atoms with Crippen LogP contribution in [0.4, 0.5) is 5.82 Å². The van der Waals surface area contributed by atoms with E-state index in [0.29, 0.717) is 12.2 Å². The molecule has 0 fully saturated rings. The number of aromatic carboxylic acids is 1. The van der Waals surface area contributed by atoms with Gasteiger partial charge in [0.1, 0.15) is 5.82 Å². The second-order valence-corrected chi connectivity index (χ2v) is 4.77. The maximum Gasteiger partial charge on any atom is 0.337 e. The van der Waals surface area contributed by atoms with Gasteiger partial charge in [-0.2, -0.15) is 0 Å². The van der Waals surface area contributed by atoms with Gasteiger partial charge in [0.15, 0.2) is 0 Å². The van der Waals surface area contributed by atoms with Crippen LogP contribution in [0, 0.1) is 0 Å². The third kappa shape index (κ3) is 3.58. The molecule has 6 heteroatoms. The molecule has 1 aromatic rings. The van der Waals surface area contributed by atoms with Crippen molar-refractivity contribution in [3.8, 4) is 0 Å². The third-order valence-corrected chi connectivity index (χ3v) is 3.26. The van der Waals surface area contributed by atoms with Crippen molar-refractivity contribution in [1.29, 1.82) is 0 Å². The number of nitrogens with zero attached hydrogens (tertiary/aromatic N) is 1. The summed E-state index contributed by atoms with van der Waals surface area (Å²) in [4.78, 5) is 15.0. The predicted molar refractivity (Wildman–Crippen MR) is 70.2 cm³/mol. The first kappa shape index (κ1) is 14.7. The van der Waals surface area contributed by atoms with Crippen LogP contribution in [0.1, 0.15) is 37.0 Å². The number of carboxylic acids is 1. The van der Waals surface area contributed by atoms with Crippen LogP contribution >= 0.6 is 11.6 Å². The summed E-state index contributed by atoms with van der Waals surface area (Å²) in [5.74, 6) is -0.652. The predicted octanol–water partition coefficient (Wildman–Crippen LogP) is 2.40. The molecule has 0 amide bonds. The molecule has 5 nitrogen and oxygen atoms in total. The summed E-state index contributed by atoms with van der Waals surface area (Å²) < 4.78 is 0. The third-order valence-electron chi connectivity index (χ3n) is 2.96. The van der Waals surface area contributed by atoms with Gasteiger partial charge in [-0.05, 0) is 25.8 Å². The lowest BCUT2D eigenvalue weighted by Gasteiger charge is -2.29. The zero-order valence-electron chi connectivity index (χ0n) is 10.4. The minimum Gasteiger partial charge on any atom is -0.478 e. The lowest BCUT2D eigenvalue weighted by atomic mass is 9.95. The summed E-state index contributed by atoms with van der Waals surface area (Å²) in [6, 6.07) is 1.40. The van der Waals surface area contributed by atoms with Crippen molar-refractivity contribution in [3.63, 3.8) is 0 Å². The number of aliphatic hydroxyl groups excluding tert-OH is 1. The van der Waals surface area contributed by atoms with Crippen LogP contribution in [-0.2, 0) is 0 Å². The number of aromatic nitrogens is 1. The maximum atomic E-state index is 11.0. The van der Waals surface area contributed by atoms with Crippen molar-refractivity contribution in [3.05, 3.63) is 22.8 Å². The molecule has 0 saturated heterocycles. The largest absolute Gasteiger partial charge is 0.478 e. The highest BCUT2D eigenvalue weighted by Crippen LogP contribution is 2.23. The van der Waals surface area contributed by atoms with Gasteiger partial charge in [0.05, 0.1) is 10.6 Å². The topological polar surface area (TPSA) is 82.5 Å². The molecule has 0 aliphatic heterocycles. The van der Waals surface area contributed by atoms with Gasteiger partial charge in [0, 0.05) is 18.3 Å². The molecule has 1 heterocycles. The quantitative estimate of drug-likeness (QED) is 0.741. The summed E-state index contributed by atoms with van der Waals surface area (Å²) in [5.41, 5.74) is -0.317. The van der Waals surface area contributed by atoms with Gasteiger partial charge >= 0.3 is 5.97 Å². The Balaban J connectivity index is 2.97. The second-order valence-electron chi connectivity index (χ2n) is 4.37. The van der Waals surface area contributed by atoms with Gasteiger partial charge in [-0.1, -0.05) is 18.5 Å². The number of rotatable bonds is 6. The van der Waals surface area contributed by atoms with E-state index in [2.05, 4.69) is 10.3 Å². The number of carbonyl (C=O) groups is 1. The van der Waals surface area contributed by atoms with Crippen LogP contribution in [0.15, 0.2) is 12.3 Å². The Morgan fingerprint density at radius 2 is 2.28 bits per heavy atom. The number of hydrogen-bond donors (Lipinski definition) is 3. The molecular formula is C12H17ClN2O3. The van der Waals surface area contributed by atoms with Crippen LogP contribution in [-0.4, -0.2) is 33.3 Å². The summed E-state index contributed by atoms with van der Waals surface area (Å²) in [6.07, 6.45) is 2.64. The number of hydrogen-bond acceptors (Lipinski definition) is 4. The average molecular weight is 273 g/mol. The second kappa shape index (κ2) is 6.02. The Bertz CT molecular complexity index is 439. The maximum absolute atomic E-state index is 11.0. The van der Waals surface area contributed by atoms with Crippen LogP contribution < -0.4 is 5.32 Å². The van der Waals surface area contributed by atoms with Crippen molar-refractivity contribution >= 4 is 23.4 Å². The summed E-state index contributed by atoms with van der Waals surface area (Å²) in [6.45, 7) is 3.98. The van der Waals surface area contributed by atoms with E-state index in [-0.39, 0.29) is 22.7 Å². The molecule has 0 aromatic carbocycles. The first-order valence-electron chi connectivity index (χ1n) is 5.69. The average Bonchev–Trinajstić information content (AvgIpc) is 2.31. The number of nitrogens with one attached hydrogen (secondary N) is 1. The van der Waals surface area contributed by atoms with Crippen LogP contribution in [0.25, 0.3) is 0 Å². The molecule has 0 bridgehead atoms. The Kier molecular flexibility index (Phi) is 4.93. The minimum atomic E-state index is -1.09. The van der Waals surface area contributed by atoms with E-state index in [1.165, 1.54) is 12.3 Å². The molecule has 0 radical (unpaired) electrons. The minimum absolute atomic E-state index is 0.0108. The number of aliphatic hydroxyl groups is 1. The van der Waals surface area contributed by atoms with E-state index < -0.39 is 5.97 Å². The number of halogens is 1. The smallest absolute Gasteiger partial charge is 0.337 e. The van der Waals surface area contributed by atoms with Gasteiger partial charge in [0.2, 0.25) is 0 Å². The Labute approximate surface area is 111 Å². The van der Waals surface area contributed by atoms with Crippen LogP contribution in [0.3, 0.4) is 0 Å². The fourth-order valence-electron chi connectivity index (χ4n) is 1.55. The first-order chi connectivity index (χ1) is 8.41. The summed E-state index contributed by atoms with van der Waals surface area (Å²) in [7, 11) is 0. The van der Waals surface area contributed by atoms with E-state index >= 15 is 0 Å². The Morgan fingerprint density at radius 1 is 1.61 bits per heavy atom. The number of carboxylic acid groups (broad SMARTS) is 1. The van der Waals surface area contributed by atoms with E-state index in [1.54, 1.807) is 0 Å². The Hall–Kier alpha value is -1.33. The molecule has 18 heavy (non-hydrogen) atoms. The molecule has 1 unspecified atom stereocenters. The Morgan fingerprint density at radius 3 is 2.78 bits per heavy atom. The normalized spacial score (nSPS) is 14.0. The van der Waals surface area contributed by atoms with Crippen LogP contribution in [0.2, 0.25) is 5.02 Å². The van der Waals surface area contributed by atoms with Gasteiger partial charge in [-0.3, -0.25) is 0 Å². The number of pyridine rings is 1. The SMILES string of the molecule is CCC(C)(CCO)Nc1cc(C(=O)O)c(Cl)cn1. The lowest BCUT2D eigenvalue weighted by molar-refractivity contribution is 0.0697.